The highest BCUT2D eigenvalue weighted by atomic mass is 16.5. The predicted octanol–water partition coefficient (Wildman–Crippen LogP) is 3.51. The first-order valence-corrected chi connectivity index (χ1v) is 10.0. The van der Waals surface area contributed by atoms with Crippen LogP contribution in [0.1, 0.15) is 46.4 Å². The van der Waals surface area contributed by atoms with E-state index < -0.39 is 6.10 Å². The van der Waals surface area contributed by atoms with Crippen molar-refractivity contribution in [1.82, 2.24) is 5.32 Å². The lowest BCUT2D eigenvalue weighted by Gasteiger charge is -2.22. The zero-order valence-corrected chi connectivity index (χ0v) is 16.9. The van der Waals surface area contributed by atoms with E-state index in [9.17, 15) is 5.11 Å². The number of ether oxygens (including phenoxy) is 1. The zero-order chi connectivity index (χ0) is 20.1. The molecule has 150 valence electrons. The van der Waals surface area contributed by atoms with Gasteiger partial charge in [0.1, 0.15) is 0 Å². The summed E-state index contributed by atoms with van der Waals surface area (Å²) in [4.78, 5) is 0. The molecule has 1 aliphatic rings. The Morgan fingerprint density at radius 1 is 1.29 bits per heavy atom. The van der Waals surface area contributed by atoms with Gasteiger partial charge in [0.05, 0.1) is 18.8 Å². The average molecular weight is 381 g/mol. The fraction of sp³-hybridized carbons (Fsp3) is 0.417. The lowest BCUT2D eigenvalue weighted by Crippen LogP contribution is -2.43. The van der Waals surface area contributed by atoms with Crippen molar-refractivity contribution in [2.24, 2.45) is 5.73 Å². The lowest BCUT2D eigenvalue weighted by atomic mass is 9.99. The summed E-state index contributed by atoms with van der Waals surface area (Å²) < 4.78 is 6.02. The van der Waals surface area contributed by atoms with Crippen molar-refractivity contribution in [3.63, 3.8) is 0 Å². The van der Waals surface area contributed by atoms with E-state index in [0.29, 0.717) is 19.6 Å². The van der Waals surface area contributed by atoms with Crippen molar-refractivity contribution in [1.29, 1.82) is 0 Å². The van der Waals surface area contributed by atoms with Crippen LogP contribution in [-0.2, 0) is 11.2 Å². The Labute approximate surface area is 168 Å². The third-order valence-corrected chi connectivity index (χ3v) is 5.51. The quantitative estimate of drug-likeness (QED) is 0.583. The number of hydrogen-bond acceptors (Lipinski definition) is 4. The van der Waals surface area contributed by atoms with E-state index >= 15 is 0 Å². The maximum absolute atomic E-state index is 10.6. The number of nitrogens with one attached hydrogen (secondary N) is 1. The molecule has 0 aliphatic heterocycles. The van der Waals surface area contributed by atoms with Gasteiger partial charge in [0.15, 0.2) is 0 Å². The van der Waals surface area contributed by atoms with Gasteiger partial charge in [-0.1, -0.05) is 54.1 Å². The van der Waals surface area contributed by atoms with Crippen LogP contribution in [0.5, 0.6) is 0 Å². The third kappa shape index (κ3) is 4.89. The Balaban J connectivity index is 1.65. The number of aryl methyl sites for hydroxylation is 2. The second-order valence-electron chi connectivity index (χ2n) is 7.81. The maximum atomic E-state index is 10.6. The molecule has 4 heteroatoms. The smallest absolute Gasteiger partial charge is 0.0853 e. The van der Waals surface area contributed by atoms with Gasteiger partial charge in [-0.2, -0.15) is 0 Å². The van der Waals surface area contributed by atoms with Crippen molar-refractivity contribution in [3.8, 4) is 0 Å². The summed E-state index contributed by atoms with van der Waals surface area (Å²) in [6.45, 7) is 9.01. The molecule has 0 unspecified atom stereocenters. The molecule has 4 N–H and O–H groups in total. The fourth-order valence-electron chi connectivity index (χ4n) is 4.16. The number of aliphatic hydroxyl groups excluding tert-OH is 1. The van der Waals surface area contributed by atoms with Crippen LogP contribution in [0.3, 0.4) is 0 Å². The molecule has 0 heterocycles. The van der Waals surface area contributed by atoms with Crippen LogP contribution in [0.25, 0.3) is 0 Å². The minimum Gasteiger partial charge on any atom is -0.390 e. The lowest BCUT2D eigenvalue weighted by molar-refractivity contribution is 0.0675. The Hall–Kier alpha value is -1.98. The molecule has 0 radical (unpaired) electrons. The minimum absolute atomic E-state index is 0.0567. The SMILES string of the molecule is C=CCO[C@H]1C[C@@H](NC[C@@H](O)[C@@H](N)Cc2ccccc2)c2cc(C)cc(C)c21. The molecule has 0 spiro atoms. The molecule has 2 aromatic carbocycles. The summed E-state index contributed by atoms with van der Waals surface area (Å²) in [5.74, 6) is 0. The van der Waals surface area contributed by atoms with Gasteiger partial charge in [-0.3, -0.25) is 0 Å². The maximum Gasteiger partial charge on any atom is 0.0853 e. The van der Waals surface area contributed by atoms with E-state index in [2.05, 4.69) is 37.9 Å². The molecule has 3 rings (SSSR count). The molecule has 4 nitrogen and oxygen atoms in total. The normalized spacial score (nSPS) is 20.6. The molecule has 28 heavy (non-hydrogen) atoms. The summed E-state index contributed by atoms with van der Waals surface area (Å²) in [6.07, 6.45) is 2.75. The van der Waals surface area contributed by atoms with Gasteiger partial charge in [0.2, 0.25) is 0 Å². The molecule has 0 bridgehead atoms. The van der Waals surface area contributed by atoms with Crippen LogP contribution in [0.4, 0.5) is 0 Å². The van der Waals surface area contributed by atoms with Gasteiger partial charge in [-0.15, -0.1) is 6.58 Å². The van der Waals surface area contributed by atoms with E-state index in [1.165, 1.54) is 22.3 Å². The molecule has 0 fully saturated rings. The van der Waals surface area contributed by atoms with Crippen LogP contribution < -0.4 is 11.1 Å². The van der Waals surface area contributed by atoms with Gasteiger partial charge >= 0.3 is 0 Å². The molecule has 0 saturated carbocycles. The highest BCUT2D eigenvalue weighted by Gasteiger charge is 2.33. The first-order chi connectivity index (χ1) is 13.5. The van der Waals surface area contributed by atoms with Crippen molar-refractivity contribution in [2.75, 3.05) is 13.2 Å². The number of aliphatic hydroxyl groups is 1. The largest absolute Gasteiger partial charge is 0.390 e. The standard InChI is InChI=1S/C24H32N2O2/c1-4-10-28-23-14-21(19-12-16(2)11-17(3)24(19)23)26-15-22(27)20(25)13-18-8-6-5-7-9-18/h4-9,11-12,20-23,26-27H,1,10,13-15,25H2,2-3H3/t20-,21+,22+,23-/m0/s1. The minimum atomic E-state index is -0.609. The van der Waals surface area contributed by atoms with E-state index in [1.54, 1.807) is 6.08 Å². The van der Waals surface area contributed by atoms with Crippen LogP contribution in [-0.4, -0.2) is 30.4 Å². The summed E-state index contributed by atoms with van der Waals surface area (Å²) in [5, 5.41) is 14.1. The van der Waals surface area contributed by atoms with Gasteiger partial charge in [0.25, 0.3) is 0 Å². The molecule has 4 atom stereocenters. The van der Waals surface area contributed by atoms with Crippen molar-refractivity contribution >= 4 is 0 Å². The highest BCUT2D eigenvalue weighted by Crippen LogP contribution is 2.43. The average Bonchev–Trinajstić information content (AvgIpc) is 3.02. The number of fused-ring (bicyclic) bond motifs is 1. The van der Waals surface area contributed by atoms with Crippen LogP contribution in [0, 0.1) is 13.8 Å². The van der Waals surface area contributed by atoms with Crippen LogP contribution in [0.15, 0.2) is 55.1 Å². The van der Waals surface area contributed by atoms with Crippen LogP contribution in [0.2, 0.25) is 0 Å². The van der Waals surface area contributed by atoms with Gasteiger partial charge in [-0.25, -0.2) is 0 Å². The summed E-state index contributed by atoms with van der Waals surface area (Å²) in [7, 11) is 0. The predicted molar refractivity (Wildman–Crippen MR) is 114 cm³/mol. The number of nitrogens with two attached hydrogens (primary N) is 1. The molecular weight excluding hydrogens is 348 g/mol. The van der Waals surface area contributed by atoms with E-state index in [0.717, 1.165) is 12.0 Å². The Morgan fingerprint density at radius 3 is 2.75 bits per heavy atom. The molecular formula is C24H32N2O2. The van der Waals surface area contributed by atoms with E-state index in [1.807, 2.05) is 30.3 Å². The molecule has 0 saturated heterocycles. The number of hydrogen-bond donors (Lipinski definition) is 3. The van der Waals surface area contributed by atoms with Gasteiger partial charge < -0.3 is 20.9 Å². The molecule has 2 aromatic rings. The number of rotatable bonds is 9. The third-order valence-electron chi connectivity index (χ3n) is 5.51. The molecule has 1 aliphatic carbocycles. The molecule has 0 amide bonds. The number of benzene rings is 2. The molecule has 0 aromatic heterocycles. The van der Waals surface area contributed by atoms with E-state index in [4.69, 9.17) is 10.5 Å². The Kier molecular flexibility index (Phi) is 7.03. The summed E-state index contributed by atoms with van der Waals surface area (Å²) >= 11 is 0. The fourth-order valence-corrected chi connectivity index (χ4v) is 4.16. The first-order valence-electron chi connectivity index (χ1n) is 10.0. The second-order valence-corrected chi connectivity index (χ2v) is 7.81. The Bertz CT molecular complexity index is 791. The van der Waals surface area contributed by atoms with Crippen LogP contribution >= 0.6 is 0 Å². The van der Waals surface area contributed by atoms with Gasteiger partial charge in [-0.05, 0) is 48.9 Å². The van der Waals surface area contributed by atoms with Crippen molar-refractivity contribution < 1.29 is 9.84 Å². The first kappa shape index (κ1) is 20.7. The second kappa shape index (κ2) is 9.48. The van der Waals surface area contributed by atoms with Crippen molar-refractivity contribution in [2.45, 2.75) is 51.0 Å². The summed E-state index contributed by atoms with van der Waals surface area (Å²) in [6, 6.07) is 14.3. The monoisotopic (exact) mass is 380 g/mol. The van der Waals surface area contributed by atoms with Crippen molar-refractivity contribution in [3.05, 3.63) is 82.9 Å². The highest BCUT2D eigenvalue weighted by molar-refractivity contribution is 5.45. The topological polar surface area (TPSA) is 67.5 Å². The Morgan fingerprint density at radius 2 is 2.04 bits per heavy atom. The van der Waals surface area contributed by atoms with Gasteiger partial charge in [0, 0.05) is 18.6 Å². The summed E-state index contributed by atoms with van der Waals surface area (Å²) in [5.41, 5.74) is 12.4. The van der Waals surface area contributed by atoms with E-state index in [-0.39, 0.29) is 18.2 Å². The zero-order valence-electron chi connectivity index (χ0n) is 16.9.